The zero-order valence-corrected chi connectivity index (χ0v) is 11.2. The Kier molecular flexibility index (Phi) is 5.91. The predicted molar refractivity (Wildman–Crippen MR) is 73.1 cm³/mol. The topological polar surface area (TPSA) is 50.7 Å². The lowest BCUT2D eigenvalue weighted by Crippen LogP contribution is -2.18. The second-order valence-corrected chi connectivity index (χ2v) is 4.12. The largest absolute Gasteiger partial charge is 0.497 e. The third kappa shape index (κ3) is 4.57. The minimum atomic E-state index is -0.200. The highest BCUT2D eigenvalue weighted by molar-refractivity contribution is 5.95. The second-order valence-electron chi connectivity index (χ2n) is 4.12. The predicted octanol–water partition coefficient (Wildman–Crippen LogP) is 2.99. The first-order valence-electron chi connectivity index (χ1n) is 6.15. The van der Waals surface area contributed by atoms with E-state index in [0.29, 0.717) is 5.56 Å². The summed E-state index contributed by atoms with van der Waals surface area (Å²) >= 11 is 0. The van der Waals surface area contributed by atoms with Crippen LogP contribution in [0.2, 0.25) is 0 Å². The monoisotopic (exact) mass is 248 g/mol. The highest BCUT2D eigenvalue weighted by atomic mass is 16.5. The Labute approximate surface area is 108 Å². The minimum absolute atomic E-state index is 0.200. The number of nitrogens with one attached hydrogen (secondary N) is 1. The van der Waals surface area contributed by atoms with Crippen LogP contribution < -0.4 is 10.2 Å². The summed E-state index contributed by atoms with van der Waals surface area (Å²) in [4.78, 5) is 11.8. The lowest BCUT2D eigenvalue weighted by molar-refractivity contribution is 0.0954. The number of methoxy groups -OCH3 is 1. The first-order chi connectivity index (χ1) is 8.67. The number of hydrogen-bond acceptors (Lipinski definition) is 3. The van der Waals surface area contributed by atoms with Crippen LogP contribution in [0, 0.1) is 0 Å². The molecule has 0 aromatic heterocycles. The molecule has 0 aliphatic carbocycles. The average Bonchev–Trinajstić information content (AvgIpc) is 2.42. The summed E-state index contributed by atoms with van der Waals surface area (Å²) in [6.45, 7) is 4.05. The van der Waals surface area contributed by atoms with Gasteiger partial charge in [-0.3, -0.25) is 4.79 Å². The summed E-state index contributed by atoms with van der Waals surface area (Å²) < 4.78 is 5.03. The Hall–Kier alpha value is -1.84. The number of amides is 1. The quantitative estimate of drug-likeness (QED) is 0.621. The highest BCUT2D eigenvalue weighted by Crippen LogP contribution is 2.11. The van der Waals surface area contributed by atoms with E-state index in [0.717, 1.165) is 30.7 Å². The summed E-state index contributed by atoms with van der Waals surface area (Å²) in [6, 6.07) is 6.93. The Bertz CT molecular complexity index is 410. The van der Waals surface area contributed by atoms with Crippen molar-refractivity contribution < 1.29 is 9.53 Å². The van der Waals surface area contributed by atoms with Crippen molar-refractivity contribution in [2.24, 2.45) is 5.10 Å². The molecule has 0 aliphatic heterocycles. The average molecular weight is 248 g/mol. The molecule has 0 bridgehead atoms. The number of rotatable bonds is 6. The standard InChI is InChI=1S/C14H20N2O2/c1-4-5-6-11(2)15-16-14(17)12-7-9-13(18-3)10-8-12/h7-10H,4-6H2,1-3H3,(H,16,17)/b15-11+. The Morgan fingerprint density at radius 2 is 2.00 bits per heavy atom. The van der Waals surface area contributed by atoms with Crippen molar-refractivity contribution in [3.8, 4) is 5.75 Å². The number of ether oxygens (including phenoxy) is 1. The van der Waals surface area contributed by atoms with E-state index in [1.54, 1.807) is 31.4 Å². The van der Waals surface area contributed by atoms with Gasteiger partial charge in [-0.2, -0.15) is 5.10 Å². The number of hydrazone groups is 1. The van der Waals surface area contributed by atoms with Gasteiger partial charge in [-0.25, -0.2) is 5.43 Å². The van der Waals surface area contributed by atoms with E-state index in [9.17, 15) is 4.79 Å². The Morgan fingerprint density at radius 1 is 1.33 bits per heavy atom. The maximum Gasteiger partial charge on any atom is 0.271 e. The van der Waals surface area contributed by atoms with Crippen molar-refractivity contribution in [1.82, 2.24) is 5.43 Å². The van der Waals surface area contributed by atoms with Crippen LogP contribution >= 0.6 is 0 Å². The van der Waals surface area contributed by atoms with Crippen LogP contribution in [0.4, 0.5) is 0 Å². The van der Waals surface area contributed by atoms with Crippen LogP contribution in [-0.4, -0.2) is 18.7 Å². The normalized spacial score (nSPS) is 11.2. The SMILES string of the molecule is CCCC/C(C)=N/NC(=O)c1ccc(OC)cc1. The van der Waals surface area contributed by atoms with Crippen LogP contribution in [0.15, 0.2) is 29.4 Å². The third-order valence-corrected chi connectivity index (χ3v) is 2.59. The summed E-state index contributed by atoms with van der Waals surface area (Å²) in [5.74, 6) is 0.530. The molecule has 0 saturated heterocycles. The summed E-state index contributed by atoms with van der Waals surface area (Å²) in [5.41, 5.74) is 4.07. The molecule has 1 N–H and O–H groups in total. The van der Waals surface area contributed by atoms with Gasteiger partial charge in [0, 0.05) is 11.3 Å². The van der Waals surface area contributed by atoms with Crippen LogP contribution in [-0.2, 0) is 0 Å². The van der Waals surface area contributed by atoms with Gasteiger partial charge in [0.05, 0.1) is 7.11 Å². The fraction of sp³-hybridized carbons (Fsp3) is 0.429. The van der Waals surface area contributed by atoms with Crippen molar-refractivity contribution in [3.63, 3.8) is 0 Å². The molecule has 98 valence electrons. The molecule has 4 nitrogen and oxygen atoms in total. The van der Waals surface area contributed by atoms with E-state index >= 15 is 0 Å². The van der Waals surface area contributed by atoms with Gasteiger partial charge in [-0.05, 0) is 44.0 Å². The molecule has 1 aromatic carbocycles. The fourth-order valence-corrected chi connectivity index (χ4v) is 1.44. The molecule has 0 heterocycles. The van der Waals surface area contributed by atoms with Crippen molar-refractivity contribution in [2.75, 3.05) is 7.11 Å². The molecule has 0 spiro atoms. The molecule has 0 aliphatic rings. The first kappa shape index (κ1) is 14.2. The van der Waals surface area contributed by atoms with E-state index in [1.807, 2.05) is 6.92 Å². The van der Waals surface area contributed by atoms with Crippen molar-refractivity contribution in [1.29, 1.82) is 0 Å². The molecular weight excluding hydrogens is 228 g/mol. The van der Waals surface area contributed by atoms with Gasteiger partial charge in [0.1, 0.15) is 5.75 Å². The molecule has 1 amide bonds. The van der Waals surface area contributed by atoms with E-state index < -0.39 is 0 Å². The molecule has 0 atom stereocenters. The van der Waals surface area contributed by atoms with Crippen molar-refractivity contribution >= 4 is 11.6 Å². The van der Waals surface area contributed by atoms with Crippen molar-refractivity contribution in [3.05, 3.63) is 29.8 Å². The number of hydrogen-bond donors (Lipinski definition) is 1. The number of nitrogens with zero attached hydrogens (tertiary/aromatic N) is 1. The van der Waals surface area contributed by atoms with Gasteiger partial charge in [-0.1, -0.05) is 13.3 Å². The highest BCUT2D eigenvalue weighted by Gasteiger charge is 2.04. The van der Waals surface area contributed by atoms with Gasteiger partial charge in [-0.15, -0.1) is 0 Å². The summed E-state index contributed by atoms with van der Waals surface area (Å²) in [5, 5.41) is 4.07. The maximum absolute atomic E-state index is 11.8. The molecular formula is C14H20N2O2. The number of unbranched alkanes of at least 4 members (excludes halogenated alkanes) is 1. The molecule has 0 unspecified atom stereocenters. The smallest absolute Gasteiger partial charge is 0.271 e. The van der Waals surface area contributed by atoms with Gasteiger partial charge < -0.3 is 4.74 Å². The van der Waals surface area contributed by atoms with Crippen LogP contribution in [0.1, 0.15) is 43.5 Å². The maximum atomic E-state index is 11.8. The van der Waals surface area contributed by atoms with Crippen molar-refractivity contribution in [2.45, 2.75) is 33.1 Å². The molecule has 1 rings (SSSR count). The Balaban J connectivity index is 2.54. The van der Waals surface area contributed by atoms with E-state index in [1.165, 1.54) is 0 Å². The molecule has 18 heavy (non-hydrogen) atoms. The molecule has 0 saturated carbocycles. The van der Waals surface area contributed by atoms with Gasteiger partial charge >= 0.3 is 0 Å². The summed E-state index contributed by atoms with van der Waals surface area (Å²) in [7, 11) is 1.59. The van der Waals surface area contributed by atoms with Crippen LogP contribution in [0.5, 0.6) is 5.75 Å². The van der Waals surface area contributed by atoms with Crippen LogP contribution in [0.25, 0.3) is 0 Å². The Morgan fingerprint density at radius 3 is 2.56 bits per heavy atom. The van der Waals surface area contributed by atoms with E-state index in [-0.39, 0.29) is 5.91 Å². The zero-order chi connectivity index (χ0) is 13.4. The van der Waals surface area contributed by atoms with Gasteiger partial charge in [0.2, 0.25) is 0 Å². The summed E-state index contributed by atoms with van der Waals surface area (Å²) in [6.07, 6.45) is 3.13. The van der Waals surface area contributed by atoms with E-state index in [4.69, 9.17) is 4.74 Å². The van der Waals surface area contributed by atoms with Gasteiger partial charge in [0.15, 0.2) is 0 Å². The molecule has 0 fully saturated rings. The molecule has 0 radical (unpaired) electrons. The van der Waals surface area contributed by atoms with E-state index in [2.05, 4.69) is 17.5 Å². The first-order valence-corrected chi connectivity index (χ1v) is 6.15. The second kappa shape index (κ2) is 7.48. The lowest BCUT2D eigenvalue weighted by atomic mass is 10.2. The lowest BCUT2D eigenvalue weighted by Gasteiger charge is -2.03. The number of carbonyl (C=O) groups is 1. The molecule has 1 aromatic rings. The number of carbonyl (C=O) groups excluding carboxylic acids is 1. The zero-order valence-electron chi connectivity index (χ0n) is 11.2. The fourth-order valence-electron chi connectivity index (χ4n) is 1.44. The number of benzene rings is 1. The van der Waals surface area contributed by atoms with Crippen LogP contribution in [0.3, 0.4) is 0 Å². The van der Waals surface area contributed by atoms with Gasteiger partial charge in [0.25, 0.3) is 5.91 Å². The third-order valence-electron chi connectivity index (χ3n) is 2.59. The molecule has 4 heteroatoms. The minimum Gasteiger partial charge on any atom is -0.497 e.